The van der Waals surface area contributed by atoms with E-state index < -0.39 is 6.36 Å². The van der Waals surface area contributed by atoms with E-state index in [0.29, 0.717) is 5.82 Å². The van der Waals surface area contributed by atoms with Crippen LogP contribution in [0.2, 0.25) is 0 Å². The highest BCUT2D eigenvalue weighted by Crippen LogP contribution is 2.31. The molecule has 0 aliphatic heterocycles. The number of benzene rings is 1. The zero-order valence-electron chi connectivity index (χ0n) is 9.98. The first kappa shape index (κ1) is 13.9. The molecule has 6 nitrogen and oxygen atoms in total. The van der Waals surface area contributed by atoms with Crippen LogP contribution in [0.15, 0.2) is 36.7 Å². The molecular weight excluding hydrogens is 275 g/mol. The molecule has 0 fully saturated rings. The van der Waals surface area contributed by atoms with Gasteiger partial charge in [-0.3, -0.25) is 0 Å². The Hall–Kier alpha value is -2.55. The fourth-order valence-electron chi connectivity index (χ4n) is 1.43. The van der Waals surface area contributed by atoms with Gasteiger partial charge in [-0.1, -0.05) is 12.1 Å². The highest BCUT2D eigenvalue weighted by atomic mass is 19.4. The molecule has 0 aliphatic rings. The minimum atomic E-state index is -4.77. The van der Waals surface area contributed by atoms with Crippen molar-refractivity contribution in [2.24, 2.45) is 5.84 Å². The van der Waals surface area contributed by atoms with E-state index in [2.05, 4.69) is 25.4 Å². The van der Waals surface area contributed by atoms with Crippen LogP contribution >= 0.6 is 0 Å². The van der Waals surface area contributed by atoms with Crippen molar-refractivity contribution in [1.82, 2.24) is 9.97 Å². The second-order valence-corrected chi connectivity index (χ2v) is 3.60. The van der Waals surface area contributed by atoms with Crippen LogP contribution in [0.4, 0.5) is 30.5 Å². The Morgan fingerprint density at radius 1 is 1.10 bits per heavy atom. The van der Waals surface area contributed by atoms with Crippen molar-refractivity contribution in [2.75, 3.05) is 10.7 Å². The Kier molecular flexibility index (Phi) is 3.89. The first-order chi connectivity index (χ1) is 9.48. The SMILES string of the molecule is NNc1cc(Nc2ccccc2OC(F)(F)F)ncn1. The third-order valence-corrected chi connectivity index (χ3v) is 2.19. The molecule has 9 heteroatoms. The molecule has 2 aromatic rings. The maximum atomic E-state index is 12.3. The second kappa shape index (κ2) is 5.61. The summed E-state index contributed by atoms with van der Waals surface area (Å²) < 4.78 is 40.7. The van der Waals surface area contributed by atoms with E-state index in [1.807, 2.05) is 0 Å². The normalized spacial score (nSPS) is 11.0. The molecule has 0 atom stereocenters. The van der Waals surface area contributed by atoms with Crippen LogP contribution in [0.1, 0.15) is 0 Å². The predicted molar refractivity (Wildman–Crippen MR) is 66.2 cm³/mol. The average Bonchev–Trinajstić information content (AvgIpc) is 2.40. The molecule has 0 aliphatic carbocycles. The molecule has 4 N–H and O–H groups in total. The molecule has 1 aromatic heterocycles. The summed E-state index contributed by atoms with van der Waals surface area (Å²) >= 11 is 0. The molecule has 0 unspecified atom stereocenters. The number of hydrazine groups is 1. The van der Waals surface area contributed by atoms with E-state index in [1.54, 1.807) is 6.07 Å². The number of hydrogen-bond donors (Lipinski definition) is 3. The average molecular weight is 285 g/mol. The molecule has 1 heterocycles. The molecule has 0 bridgehead atoms. The van der Waals surface area contributed by atoms with Gasteiger partial charge in [-0.05, 0) is 12.1 Å². The summed E-state index contributed by atoms with van der Waals surface area (Å²) in [6.07, 6.45) is -3.56. The van der Waals surface area contributed by atoms with E-state index in [4.69, 9.17) is 5.84 Å². The molecule has 106 valence electrons. The molecular formula is C11H10F3N5O. The van der Waals surface area contributed by atoms with E-state index in [-0.39, 0.29) is 17.3 Å². The number of halogens is 3. The van der Waals surface area contributed by atoms with Gasteiger partial charge in [-0.25, -0.2) is 15.8 Å². The van der Waals surface area contributed by atoms with Gasteiger partial charge in [0.05, 0.1) is 5.69 Å². The van der Waals surface area contributed by atoms with Crippen LogP contribution in [0, 0.1) is 0 Å². The summed E-state index contributed by atoms with van der Waals surface area (Å²) in [7, 11) is 0. The van der Waals surface area contributed by atoms with Crippen LogP contribution in [0.5, 0.6) is 5.75 Å². The smallest absolute Gasteiger partial charge is 0.404 e. The van der Waals surface area contributed by atoms with Gasteiger partial charge in [0, 0.05) is 6.07 Å². The molecule has 0 radical (unpaired) electrons. The van der Waals surface area contributed by atoms with Crippen LogP contribution in [-0.2, 0) is 0 Å². The monoisotopic (exact) mass is 285 g/mol. The molecule has 20 heavy (non-hydrogen) atoms. The molecule has 1 aromatic carbocycles. The summed E-state index contributed by atoms with van der Waals surface area (Å²) in [5, 5.41) is 2.70. The summed E-state index contributed by atoms with van der Waals surface area (Å²) in [4.78, 5) is 7.65. The molecule has 0 amide bonds. The van der Waals surface area contributed by atoms with Crippen LogP contribution in [0.25, 0.3) is 0 Å². The van der Waals surface area contributed by atoms with Crippen molar-refractivity contribution in [1.29, 1.82) is 0 Å². The summed E-state index contributed by atoms with van der Waals surface area (Å²) in [5.74, 6) is 5.41. The number of nitrogen functional groups attached to an aromatic ring is 1. The fraction of sp³-hybridized carbons (Fsp3) is 0.0909. The lowest BCUT2D eigenvalue weighted by Crippen LogP contribution is -2.18. The summed E-state index contributed by atoms with van der Waals surface area (Å²) in [5.41, 5.74) is 2.42. The van der Waals surface area contributed by atoms with Crippen LogP contribution in [0.3, 0.4) is 0 Å². The topological polar surface area (TPSA) is 85.1 Å². The van der Waals surface area contributed by atoms with Gasteiger partial charge in [0.2, 0.25) is 0 Å². The number of alkyl halides is 3. The van der Waals surface area contributed by atoms with Crippen molar-refractivity contribution < 1.29 is 17.9 Å². The van der Waals surface area contributed by atoms with Gasteiger partial charge in [-0.15, -0.1) is 13.2 Å². The highest BCUT2D eigenvalue weighted by molar-refractivity contribution is 5.65. The van der Waals surface area contributed by atoms with E-state index >= 15 is 0 Å². The quantitative estimate of drug-likeness (QED) is 0.591. The van der Waals surface area contributed by atoms with Crippen molar-refractivity contribution in [3.63, 3.8) is 0 Å². The van der Waals surface area contributed by atoms with Gasteiger partial charge < -0.3 is 15.5 Å². The summed E-state index contributed by atoms with van der Waals surface area (Å²) in [6.45, 7) is 0. The van der Waals surface area contributed by atoms with Gasteiger partial charge in [0.1, 0.15) is 18.0 Å². The first-order valence-corrected chi connectivity index (χ1v) is 5.38. The number of para-hydroxylation sites is 2. The number of nitrogens with zero attached hydrogens (tertiary/aromatic N) is 2. The minimum Gasteiger partial charge on any atom is -0.404 e. The third-order valence-electron chi connectivity index (χ3n) is 2.19. The lowest BCUT2D eigenvalue weighted by Gasteiger charge is -2.14. The van der Waals surface area contributed by atoms with E-state index in [0.717, 1.165) is 0 Å². The van der Waals surface area contributed by atoms with E-state index in [9.17, 15) is 13.2 Å². The Morgan fingerprint density at radius 2 is 1.80 bits per heavy atom. The van der Waals surface area contributed by atoms with Crippen LogP contribution in [-0.4, -0.2) is 16.3 Å². The number of nitrogens with one attached hydrogen (secondary N) is 2. The molecule has 0 saturated heterocycles. The number of aromatic nitrogens is 2. The van der Waals surface area contributed by atoms with Gasteiger partial charge in [0.25, 0.3) is 0 Å². The third kappa shape index (κ3) is 3.72. The Labute approximate surface area is 111 Å². The van der Waals surface area contributed by atoms with Crippen molar-refractivity contribution in [3.05, 3.63) is 36.7 Å². The second-order valence-electron chi connectivity index (χ2n) is 3.60. The number of ether oxygens (including phenoxy) is 1. The molecule has 0 saturated carbocycles. The van der Waals surface area contributed by atoms with Gasteiger partial charge in [-0.2, -0.15) is 0 Å². The van der Waals surface area contributed by atoms with Crippen LogP contribution < -0.4 is 21.3 Å². The fourth-order valence-corrected chi connectivity index (χ4v) is 1.43. The van der Waals surface area contributed by atoms with Crippen molar-refractivity contribution in [3.8, 4) is 5.75 Å². The number of nitrogens with two attached hydrogens (primary N) is 1. The Bertz CT molecular complexity index is 590. The van der Waals surface area contributed by atoms with Crippen molar-refractivity contribution >= 4 is 17.3 Å². The Balaban J connectivity index is 2.24. The lowest BCUT2D eigenvalue weighted by atomic mass is 10.3. The zero-order valence-corrected chi connectivity index (χ0v) is 9.98. The summed E-state index contributed by atoms with van der Waals surface area (Å²) in [6, 6.07) is 7.05. The van der Waals surface area contributed by atoms with Crippen molar-refractivity contribution in [2.45, 2.75) is 6.36 Å². The first-order valence-electron chi connectivity index (χ1n) is 5.38. The highest BCUT2D eigenvalue weighted by Gasteiger charge is 2.32. The number of anilines is 3. The van der Waals surface area contributed by atoms with Gasteiger partial charge >= 0.3 is 6.36 Å². The maximum absolute atomic E-state index is 12.3. The standard InChI is InChI=1S/C11H10F3N5O/c12-11(13,14)20-8-4-2-1-3-7(8)18-9-5-10(19-15)17-6-16-9/h1-6H,15H2,(H2,16,17,18,19). The van der Waals surface area contributed by atoms with Gasteiger partial charge in [0.15, 0.2) is 5.75 Å². The zero-order chi connectivity index (χ0) is 14.6. The van der Waals surface area contributed by atoms with E-state index in [1.165, 1.54) is 30.6 Å². The minimum absolute atomic E-state index is 0.117. The largest absolute Gasteiger partial charge is 0.573 e. The Morgan fingerprint density at radius 3 is 2.50 bits per heavy atom. The molecule has 2 rings (SSSR count). The number of hydrogen-bond acceptors (Lipinski definition) is 6. The maximum Gasteiger partial charge on any atom is 0.573 e. The predicted octanol–water partition coefficient (Wildman–Crippen LogP) is 2.40. The number of rotatable bonds is 4. The lowest BCUT2D eigenvalue weighted by molar-refractivity contribution is -0.274. The molecule has 0 spiro atoms.